The molecular weight excluding hydrogens is 1150 g/mol. The third-order valence-electron chi connectivity index (χ3n) is 10.7. The number of benzene rings is 8. The molecule has 0 fully saturated rings. The second-order valence-corrected chi connectivity index (χ2v) is 19.0. The minimum Gasteiger partial charge on any atom is -0.871 e. The van der Waals surface area contributed by atoms with E-state index in [4.69, 9.17) is 32.7 Å². The van der Waals surface area contributed by atoms with Crippen LogP contribution in [0.1, 0.15) is 27.0 Å². The first-order valence-corrected chi connectivity index (χ1v) is 24.5. The summed E-state index contributed by atoms with van der Waals surface area (Å²) in [5.74, 6) is -1.89. The van der Waals surface area contributed by atoms with Crippen LogP contribution in [-0.4, -0.2) is 106 Å². The van der Waals surface area contributed by atoms with E-state index in [1.54, 1.807) is 111 Å². The molecule has 8 aromatic rings. The standard InChI is InChI=1S/2C25H20ClN3O6S.Ba/c2*1-14-11-22(36(32,33)34)20(13-18(14)26)28-29-23-16-8-4-3-7-15(16)12-17(24(23)30)25(31)27-19-9-5-6-10-21(19)35-2;/h2*3-13,30H,1-2H3,(H,27,31)(H,32,33,34);/q;;+2/p-2. The maximum atomic E-state index is 13.3. The number of nitrogens with one attached hydrogen (secondary N) is 1. The van der Waals surface area contributed by atoms with E-state index in [1.807, 2.05) is 0 Å². The molecule has 18 nitrogen and oxygen atoms in total. The van der Waals surface area contributed by atoms with Crippen molar-refractivity contribution in [1.29, 1.82) is 0 Å². The summed E-state index contributed by atoms with van der Waals surface area (Å²) in [6, 6.07) is 34.6. The fourth-order valence-corrected chi connectivity index (χ4v) is 8.75. The third kappa shape index (κ3) is 12.9. The van der Waals surface area contributed by atoms with Crippen molar-refractivity contribution in [3.63, 3.8) is 0 Å². The van der Waals surface area contributed by atoms with Crippen LogP contribution in [0.2, 0.25) is 10.0 Å². The van der Waals surface area contributed by atoms with Gasteiger partial charge in [-0.1, -0.05) is 102 Å². The summed E-state index contributed by atoms with van der Waals surface area (Å²) < 4.78 is 77.2. The summed E-state index contributed by atoms with van der Waals surface area (Å²) in [4.78, 5) is 16.1. The van der Waals surface area contributed by atoms with Gasteiger partial charge in [0.2, 0.25) is 0 Å². The average Bonchev–Trinajstić information content (AvgIpc) is 3.34. The number of para-hydroxylation sites is 4. The normalized spacial score (nSPS) is 11.9. The van der Waals surface area contributed by atoms with Crippen LogP contribution in [0.15, 0.2) is 169 Å². The van der Waals surface area contributed by atoms with Gasteiger partial charge in [0, 0.05) is 20.8 Å². The number of hydrogen-bond acceptors (Lipinski definition) is 15. The van der Waals surface area contributed by atoms with E-state index in [0.717, 1.165) is 6.07 Å². The van der Waals surface area contributed by atoms with Crippen LogP contribution in [0.3, 0.4) is 0 Å². The molecule has 0 unspecified atom stereocenters. The molecule has 0 aliphatic heterocycles. The van der Waals surface area contributed by atoms with Crippen molar-refractivity contribution in [2.24, 2.45) is 25.4 Å². The number of methoxy groups -OCH3 is 2. The van der Waals surface area contributed by atoms with Crippen LogP contribution in [-0.2, 0) is 20.2 Å². The number of phenolic OH excluding ortho intramolecular Hbond substituents is 1. The fourth-order valence-electron chi connectivity index (χ4n) is 7.06. The molecule has 368 valence electrons. The molecule has 0 spiro atoms. The SMILES string of the molecule is COc1ccccc1N=C([O-])c1cc2ccccc2c(N=Nc2cc(Cl)c(C)cc2S(=O)(=O)O)c1[O-].COc1ccccc1NC(=O)c1cc2ccccc2c(N=Nc2cc(Cl)c(C)cc2S(=O)(=O)O)c1O.[Ba+2]. The van der Waals surface area contributed by atoms with E-state index in [9.17, 15) is 46.1 Å². The van der Waals surface area contributed by atoms with Gasteiger partial charge in [0.05, 0.1) is 31.2 Å². The molecule has 8 aromatic carbocycles. The van der Waals surface area contributed by atoms with Gasteiger partial charge in [-0.2, -0.15) is 21.9 Å². The minimum absolute atomic E-state index is 0. The second-order valence-electron chi connectivity index (χ2n) is 15.4. The van der Waals surface area contributed by atoms with Crippen molar-refractivity contribution < 1.29 is 55.5 Å². The number of rotatable bonds is 12. The number of azo groups is 2. The largest absolute Gasteiger partial charge is 2.00 e. The van der Waals surface area contributed by atoms with Gasteiger partial charge in [-0.25, -0.2) is 0 Å². The van der Waals surface area contributed by atoms with E-state index in [2.05, 4.69) is 30.8 Å². The molecule has 0 saturated heterocycles. The van der Waals surface area contributed by atoms with Gasteiger partial charge in [-0.3, -0.25) is 18.9 Å². The Morgan fingerprint density at radius 2 is 1.05 bits per heavy atom. The Kier molecular flexibility index (Phi) is 18.1. The molecule has 0 atom stereocenters. The van der Waals surface area contributed by atoms with E-state index in [1.165, 1.54) is 44.6 Å². The Hall–Kier alpha value is -6.41. The smallest absolute Gasteiger partial charge is 0.871 e. The summed E-state index contributed by atoms with van der Waals surface area (Å²) in [5, 5.41) is 58.3. The van der Waals surface area contributed by atoms with Gasteiger partial charge in [-0.15, -0.1) is 15.3 Å². The van der Waals surface area contributed by atoms with Crippen molar-refractivity contribution in [3.8, 4) is 23.0 Å². The van der Waals surface area contributed by atoms with Gasteiger partial charge in [-0.05, 0) is 108 Å². The maximum absolute atomic E-state index is 13.3. The predicted molar refractivity (Wildman–Crippen MR) is 275 cm³/mol. The van der Waals surface area contributed by atoms with Gasteiger partial charge in [0.25, 0.3) is 26.1 Å². The molecular formula is C50H38BaCl2N6O12S2. The predicted octanol–water partition coefficient (Wildman–Crippen LogP) is 11.0. The number of carbonyl (C=O) groups is 1. The number of carbonyl (C=O) groups excluding carboxylic acids is 1. The maximum Gasteiger partial charge on any atom is 2.00 e. The second kappa shape index (κ2) is 23.6. The summed E-state index contributed by atoms with van der Waals surface area (Å²) in [5.41, 5.74) is 0.306. The minimum atomic E-state index is -4.66. The van der Waals surface area contributed by atoms with Crippen LogP contribution in [0.4, 0.5) is 34.1 Å². The zero-order chi connectivity index (χ0) is 52.1. The molecule has 0 saturated carbocycles. The Morgan fingerprint density at radius 1 is 0.603 bits per heavy atom. The Balaban J connectivity index is 0.000000235. The number of nitrogens with zero attached hydrogens (tertiary/aromatic N) is 5. The first kappa shape index (κ1) is 55.9. The first-order chi connectivity index (χ1) is 34.2. The topological polar surface area (TPSA) is 284 Å². The monoisotopic (exact) mass is 1190 g/mol. The number of aryl methyl sites for hydroxylation is 2. The third-order valence-corrected chi connectivity index (χ3v) is 13.2. The number of anilines is 1. The molecule has 23 heteroatoms. The molecule has 0 heterocycles. The number of fused-ring (bicyclic) bond motifs is 2. The van der Waals surface area contributed by atoms with Crippen LogP contribution < -0.4 is 25.0 Å². The quantitative estimate of drug-likeness (QED) is 0.0292. The van der Waals surface area contributed by atoms with Crippen molar-refractivity contribution in [2.45, 2.75) is 23.6 Å². The molecule has 0 aliphatic carbocycles. The number of hydrogen-bond donors (Lipinski definition) is 4. The van der Waals surface area contributed by atoms with E-state index in [-0.39, 0.29) is 98.5 Å². The number of amides is 1. The fraction of sp³-hybridized carbons (Fsp3) is 0.0800. The Labute approximate surface area is 468 Å². The van der Waals surface area contributed by atoms with Crippen LogP contribution >= 0.6 is 23.2 Å². The number of aromatic hydroxyl groups is 1. The van der Waals surface area contributed by atoms with Crippen molar-refractivity contribution in [1.82, 2.24) is 0 Å². The van der Waals surface area contributed by atoms with Crippen molar-refractivity contribution >= 4 is 160 Å². The summed E-state index contributed by atoms with van der Waals surface area (Å²) >= 11 is 12.2. The number of ether oxygens (including phenoxy) is 2. The van der Waals surface area contributed by atoms with E-state index in [0.29, 0.717) is 49.9 Å². The van der Waals surface area contributed by atoms with Gasteiger partial charge in [0.1, 0.15) is 44.0 Å². The Morgan fingerprint density at radius 3 is 1.59 bits per heavy atom. The van der Waals surface area contributed by atoms with Crippen LogP contribution in [0, 0.1) is 13.8 Å². The van der Waals surface area contributed by atoms with Gasteiger partial charge in [0.15, 0.2) is 5.75 Å². The molecule has 8 rings (SSSR count). The van der Waals surface area contributed by atoms with Crippen LogP contribution in [0.25, 0.3) is 21.5 Å². The summed E-state index contributed by atoms with van der Waals surface area (Å²) in [7, 11) is -6.41. The van der Waals surface area contributed by atoms with Crippen LogP contribution in [0.5, 0.6) is 23.0 Å². The molecule has 73 heavy (non-hydrogen) atoms. The molecule has 1 amide bonds. The van der Waals surface area contributed by atoms with Crippen molar-refractivity contribution in [2.75, 3.05) is 19.5 Å². The molecule has 0 aliphatic rings. The first-order valence-electron chi connectivity index (χ1n) is 20.9. The zero-order valence-electron chi connectivity index (χ0n) is 38.7. The molecule has 0 radical (unpaired) electrons. The number of aliphatic imine (C=N–C) groups is 1. The molecule has 0 bridgehead atoms. The van der Waals surface area contributed by atoms with Gasteiger partial charge >= 0.3 is 48.9 Å². The number of halogens is 2. The molecule has 0 aromatic heterocycles. The zero-order valence-corrected chi connectivity index (χ0v) is 46.3. The Bertz CT molecular complexity index is 3790. The number of phenols is 1. The summed E-state index contributed by atoms with van der Waals surface area (Å²) in [6.07, 6.45) is 0. The van der Waals surface area contributed by atoms with Crippen molar-refractivity contribution in [3.05, 3.63) is 166 Å². The summed E-state index contributed by atoms with van der Waals surface area (Å²) in [6.45, 7) is 3.13. The molecule has 4 N–H and O–H groups in total. The van der Waals surface area contributed by atoms with E-state index < -0.39 is 53.3 Å². The van der Waals surface area contributed by atoms with E-state index >= 15 is 0 Å². The average molecular weight is 1190 g/mol. The van der Waals surface area contributed by atoms with Gasteiger partial charge < -0.3 is 30.1 Å².